The second-order valence-corrected chi connectivity index (χ2v) is 5.52. The van der Waals surface area contributed by atoms with E-state index in [-0.39, 0.29) is 12.4 Å². The molecule has 0 fully saturated rings. The van der Waals surface area contributed by atoms with Crippen molar-refractivity contribution in [2.75, 3.05) is 34.4 Å². The Morgan fingerprint density at radius 1 is 0.840 bits per heavy atom. The van der Waals surface area contributed by atoms with E-state index >= 15 is 0 Å². The molecule has 0 unspecified atom stereocenters. The van der Waals surface area contributed by atoms with Gasteiger partial charge in [-0.05, 0) is 23.3 Å². The minimum atomic E-state index is 0. The first-order valence-corrected chi connectivity index (χ1v) is 7.97. The van der Waals surface area contributed by atoms with Crippen molar-refractivity contribution in [3.8, 4) is 17.2 Å². The van der Waals surface area contributed by atoms with Crippen molar-refractivity contribution in [2.45, 2.75) is 13.1 Å². The third kappa shape index (κ3) is 5.81. The number of hydrogen-bond donors (Lipinski definition) is 1. The van der Waals surface area contributed by atoms with E-state index in [1.54, 1.807) is 21.3 Å². The average molecular weight is 367 g/mol. The fourth-order valence-corrected chi connectivity index (χ4v) is 2.72. The molecule has 0 saturated heterocycles. The summed E-state index contributed by atoms with van der Waals surface area (Å²) in [5, 5.41) is 0. The Kier molecular flexibility index (Phi) is 9.13. The summed E-state index contributed by atoms with van der Waals surface area (Å²) in [5.41, 5.74) is 8.14. The first-order chi connectivity index (χ1) is 11.7. The van der Waals surface area contributed by atoms with Crippen LogP contribution in [0.3, 0.4) is 0 Å². The number of benzene rings is 2. The van der Waals surface area contributed by atoms with Gasteiger partial charge in [0.1, 0.15) is 0 Å². The molecule has 25 heavy (non-hydrogen) atoms. The van der Waals surface area contributed by atoms with E-state index in [1.807, 2.05) is 18.2 Å². The van der Waals surface area contributed by atoms with Crippen LogP contribution in [-0.2, 0) is 13.1 Å². The summed E-state index contributed by atoms with van der Waals surface area (Å²) in [4.78, 5) is 2.30. The second kappa shape index (κ2) is 10.8. The van der Waals surface area contributed by atoms with Crippen molar-refractivity contribution in [3.05, 3.63) is 53.6 Å². The molecule has 0 bridgehead atoms. The van der Waals surface area contributed by atoms with Crippen LogP contribution in [0.25, 0.3) is 0 Å². The summed E-state index contributed by atoms with van der Waals surface area (Å²) in [5.74, 6) is 1.94. The van der Waals surface area contributed by atoms with E-state index in [9.17, 15) is 0 Å². The molecule has 0 aliphatic rings. The predicted octanol–water partition coefficient (Wildman–Crippen LogP) is 3.10. The molecule has 2 aromatic carbocycles. The van der Waals surface area contributed by atoms with Crippen LogP contribution in [0.1, 0.15) is 11.1 Å². The monoisotopic (exact) mass is 366 g/mol. The van der Waals surface area contributed by atoms with Crippen molar-refractivity contribution in [1.29, 1.82) is 0 Å². The minimum Gasteiger partial charge on any atom is -0.493 e. The minimum absolute atomic E-state index is 0. The largest absolute Gasteiger partial charge is 0.493 e. The van der Waals surface area contributed by atoms with Crippen molar-refractivity contribution in [3.63, 3.8) is 0 Å². The van der Waals surface area contributed by atoms with Crippen molar-refractivity contribution >= 4 is 12.4 Å². The molecular weight excluding hydrogens is 340 g/mol. The number of hydrogen-bond acceptors (Lipinski definition) is 5. The Bertz CT molecular complexity index is 613. The van der Waals surface area contributed by atoms with Gasteiger partial charge in [0.25, 0.3) is 0 Å². The lowest BCUT2D eigenvalue weighted by atomic mass is 10.1. The van der Waals surface area contributed by atoms with Crippen LogP contribution in [-0.4, -0.2) is 39.3 Å². The van der Waals surface area contributed by atoms with E-state index in [0.29, 0.717) is 23.8 Å². The number of nitrogens with two attached hydrogens (primary N) is 1. The lowest BCUT2D eigenvalue weighted by Gasteiger charge is -2.23. The second-order valence-electron chi connectivity index (χ2n) is 5.52. The standard InChI is InChI=1S/C19H26N2O3.ClH/c1-22-17-11-16(12-18(23-2)19(17)24-3)14-21(10-9-20)13-15-7-5-4-6-8-15;/h4-8,11-12H,9-10,13-14,20H2,1-3H3;1H. The van der Waals surface area contributed by atoms with Gasteiger partial charge in [-0.1, -0.05) is 30.3 Å². The average Bonchev–Trinajstić information content (AvgIpc) is 2.61. The zero-order chi connectivity index (χ0) is 17.4. The first-order valence-electron chi connectivity index (χ1n) is 7.97. The molecule has 0 aliphatic carbocycles. The van der Waals surface area contributed by atoms with Crippen LogP contribution < -0.4 is 19.9 Å². The Morgan fingerprint density at radius 3 is 1.88 bits per heavy atom. The third-order valence-corrected chi connectivity index (χ3v) is 3.83. The molecule has 2 N–H and O–H groups in total. The van der Waals surface area contributed by atoms with Crippen LogP contribution in [0.15, 0.2) is 42.5 Å². The van der Waals surface area contributed by atoms with Crippen molar-refractivity contribution in [2.24, 2.45) is 5.73 Å². The molecule has 0 saturated carbocycles. The van der Waals surface area contributed by atoms with Crippen LogP contribution >= 0.6 is 12.4 Å². The van der Waals surface area contributed by atoms with Crippen LogP contribution in [0.2, 0.25) is 0 Å². The molecule has 2 rings (SSSR count). The van der Waals surface area contributed by atoms with Crippen molar-refractivity contribution < 1.29 is 14.2 Å². The maximum atomic E-state index is 5.78. The highest BCUT2D eigenvalue weighted by atomic mass is 35.5. The summed E-state index contributed by atoms with van der Waals surface area (Å²) in [7, 11) is 4.86. The van der Waals surface area contributed by atoms with Gasteiger partial charge in [-0.3, -0.25) is 4.90 Å². The van der Waals surface area contributed by atoms with Gasteiger partial charge in [-0.15, -0.1) is 12.4 Å². The summed E-state index contributed by atoms with van der Waals surface area (Å²) in [6.07, 6.45) is 0. The zero-order valence-electron chi connectivity index (χ0n) is 15.0. The normalized spacial score (nSPS) is 10.3. The Balaban J connectivity index is 0.00000312. The molecule has 6 heteroatoms. The maximum absolute atomic E-state index is 5.78. The molecule has 2 aromatic rings. The molecular formula is C19H27ClN2O3. The quantitative estimate of drug-likeness (QED) is 0.739. The van der Waals surface area contributed by atoms with E-state index < -0.39 is 0 Å². The SMILES string of the molecule is COc1cc(CN(CCN)Cc2ccccc2)cc(OC)c1OC.Cl. The molecule has 138 valence electrons. The summed E-state index contributed by atoms with van der Waals surface area (Å²) < 4.78 is 16.2. The van der Waals surface area contributed by atoms with Gasteiger partial charge >= 0.3 is 0 Å². The summed E-state index contributed by atoms with van der Waals surface area (Å²) in [6, 6.07) is 14.3. The highest BCUT2D eigenvalue weighted by molar-refractivity contribution is 5.85. The fourth-order valence-electron chi connectivity index (χ4n) is 2.72. The number of methoxy groups -OCH3 is 3. The number of rotatable bonds is 9. The first kappa shape index (κ1) is 21.1. The van der Waals surface area contributed by atoms with Gasteiger partial charge < -0.3 is 19.9 Å². The van der Waals surface area contributed by atoms with Gasteiger partial charge in [0.15, 0.2) is 11.5 Å². The molecule has 0 aliphatic heterocycles. The van der Waals surface area contributed by atoms with Crippen LogP contribution in [0, 0.1) is 0 Å². The molecule has 0 spiro atoms. The lowest BCUT2D eigenvalue weighted by molar-refractivity contribution is 0.262. The molecule has 0 atom stereocenters. The Morgan fingerprint density at radius 2 is 1.40 bits per heavy atom. The topological polar surface area (TPSA) is 57.0 Å². The van der Waals surface area contributed by atoms with Crippen LogP contribution in [0.5, 0.6) is 17.2 Å². The maximum Gasteiger partial charge on any atom is 0.203 e. The zero-order valence-corrected chi connectivity index (χ0v) is 15.8. The molecule has 5 nitrogen and oxygen atoms in total. The highest BCUT2D eigenvalue weighted by Crippen LogP contribution is 2.38. The molecule has 0 amide bonds. The van der Waals surface area contributed by atoms with E-state index in [4.69, 9.17) is 19.9 Å². The van der Waals surface area contributed by atoms with Crippen LogP contribution in [0.4, 0.5) is 0 Å². The molecule has 0 radical (unpaired) electrons. The van der Waals surface area contributed by atoms with Gasteiger partial charge in [-0.2, -0.15) is 0 Å². The molecule has 0 heterocycles. The van der Waals surface area contributed by atoms with E-state index in [1.165, 1.54) is 5.56 Å². The lowest BCUT2D eigenvalue weighted by Crippen LogP contribution is -2.28. The van der Waals surface area contributed by atoms with Gasteiger partial charge in [0, 0.05) is 26.2 Å². The fraction of sp³-hybridized carbons (Fsp3) is 0.368. The number of ether oxygens (including phenoxy) is 3. The van der Waals surface area contributed by atoms with E-state index in [2.05, 4.69) is 29.2 Å². The van der Waals surface area contributed by atoms with Gasteiger partial charge in [-0.25, -0.2) is 0 Å². The summed E-state index contributed by atoms with van der Waals surface area (Å²) in [6.45, 7) is 3.01. The highest BCUT2D eigenvalue weighted by Gasteiger charge is 2.15. The predicted molar refractivity (Wildman–Crippen MR) is 103 cm³/mol. The Labute approximate surface area is 156 Å². The van der Waals surface area contributed by atoms with Gasteiger partial charge in [0.05, 0.1) is 21.3 Å². The number of halogens is 1. The smallest absolute Gasteiger partial charge is 0.203 e. The Hall–Kier alpha value is -1.95. The third-order valence-electron chi connectivity index (χ3n) is 3.83. The van der Waals surface area contributed by atoms with Gasteiger partial charge in [0.2, 0.25) is 5.75 Å². The van der Waals surface area contributed by atoms with E-state index in [0.717, 1.165) is 25.2 Å². The van der Waals surface area contributed by atoms with Crippen molar-refractivity contribution in [1.82, 2.24) is 4.90 Å². The molecule has 0 aromatic heterocycles. The number of nitrogens with zero attached hydrogens (tertiary/aromatic N) is 1. The summed E-state index contributed by atoms with van der Waals surface area (Å²) >= 11 is 0.